The number of nitrogens with one attached hydrogen (secondary N) is 3. The van der Waals surface area contributed by atoms with Gasteiger partial charge < -0.3 is 24.8 Å². The fourth-order valence-corrected chi connectivity index (χ4v) is 3.49. The number of carbonyl (C=O) groups is 3. The lowest BCUT2D eigenvalue weighted by Crippen LogP contribution is -2.32. The first kappa shape index (κ1) is 29.0. The van der Waals surface area contributed by atoms with E-state index in [9.17, 15) is 14.4 Å². The molecule has 0 fully saturated rings. The minimum atomic E-state index is -0.985. The van der Waals surface area contributed by atoms with Crippen LogP contribution in [0.15, 0.2) is 78.4 Å². The van der Waals surface area contributed by atoms with Crippen LogP contribution in [0, 0.1) is 0 Å². The number of halogens is 2. The number of hydrogen-bond donors (Lipinski definition) is 3. The molecule has 0 bridgehead atoms. The Kier molecular flexibility index (Phi) is 10.7. The molecule has 0 aromatic heterocycles. The molecule has 0 radical (unpaired) electrons. The molecule has 3 rings (SSSR count). The van der Waals surface area contributed by atoms with E-state index in [1.165, 1.54) is 25.5 Å². The van der Waals surface area contributed by atoms with Gasteiger partial charge in [0.25, 0.3) is 5.91 Å². The van der Waals surface area contributed by atoms with E-state index < -0.39 is 17.7 Å². The number of benzene rings is 3. The van der Waals surface area contributed by atoms with Crippen LogP contribution >= 0.6 is 23.2 Å². The average molecular weight is 571 g/mol. The predicted octanol–water partition coefficient (Wildman–Crippen LogP) is 4.67. The molecule has 0 unspecified atom stereocenters. The number of methoxy groups -OCH3 is 1. The Balaban J connectivity index is 1.55. The van der Waals surface area contributed by atoms with Gasteiger partial charge in [-0.3, -0.25) is 14.4 Å². The maximum atomic E-state index is 12.3. The van der Waals surface area contributed by atoms with Gasteiger partial charge in [0.05, 0.1) is 29.1 Å². The third-order valence-corrected chi connectivity index (χ3v) is 5.42. The SMILES string of the molecule is C=CCOc1ccc(NC(=O)C(=O)N/N=C\c2cc(Cl)c(OCC(=O)Nc3ccccc3Cl)c(OC)c2)cc1. The largest absolute Gasteiger partial charge is 0.493 e. The highest BCUT2D eigenvalue weighted by atomic mass is 35.5. The number of nitrogens with zero attached hydrogens (tertiary/aromatic N) is 1. The Morgan fingerprint density at radius 3 is 2.38 bits per heavy atom. The van der Waals surface area contributed by atoms with Crippen molar-refractivity contribution < 1.29 is 28.6 Å². The average Bonchev–Trinajstić information content (AvgIpc) is 2.93. The molecule has 0 aliphatic heterocycles. The molecule has 3 aromatic carbocycles. The first-order valence-electron chi connectivity index (χ1n) is 11.3. The van der Waals surface area contributed by atoms with Crippen LogP contribution in [0.3, 0.4) is 0 Å². The fraction of sp³-hybridized carbons (Fsp3) is 0.111. The molecule has 0 spiro atoms. The van der Waals surface area contributed by atoms with E-state index in [1.54, 1.807) is 54.6 Å². The van der Waals surface area contributed by atoms with Crippen molar-refractivity contribution in [2.45, 2.75) is 0 Å². The highest BCUT2D eigenvalue weighted by molar-refractivity contribution is 6.39. The first-order valence-corrected chi connectivity index (χ1v) is 12.1. The van der Waals surface area contributed by atoms with Crippen LogP contribution in [-0.4, -0.2) is 44.3 Å². The summed E-state index contributed by atoms with van der Waals surface area (Å²) in [6.07, 6.45) is 2.87. The number of carbonyl (C=O) groups excluding carboxylic acids is 3. The Morgan fingerprint density at radius 2 is 1.69 bits per heavy atom. The van der Waals surface area contributed by atoms with Crippen molar-refractivity contribution in [2.24, 2.45) is 5.10 Å². The molecule has 3 aromatic rings. The summed E-state index contributed by atoms with van der Waals surface area (Å²) < 4.78 is 16.2. The van der Waals surface area contributed by atoms with Gasteiger partial charge in [0.1, 0.15) is 12.4 Å². The van der Waals surface area contributed by atoms with Crippen LogP contribution in [0.4, 0.5) is 11.4 Å². The first-order chi connectivity index (χ1) is 18.8. The van der Waals surface area contributed by atoms with E-state index in [4.69, 9.17) is 37.4 Å². The van der Waals surface area contributed by atoms with E-state index in [0.717, 1.165) is 0 Å². The lowest BCUT2D eigenvalue weighted by atomic mass is 10.2. The Morgan fingerprint density at radius 1 is 0.949 bits per heavy atom. The number of anilines is 2. The predicted molar refractivity (Wildman–Crippen MR) is 150 cm³/mol. The van der Waals surface area contributed by atoms with Gasteiger partial charge in [-0.15, -0.1) is 0 Å². The van der Waals surface area contributed by atoms with Crippen molar-refractivity contribution in [3.05, 3.63) is 88.9 Å². The minimum absolute atomic E-state index is 0.130. The molecular formula is C27H24Cl2N4O6. The minimum Gasteiger partial charge on any atom is -0.493 e. The van der Waals surface area contributed by atoms with Crippen LogP contribution in [0.25, 0.3) is 0 Å². The summed E-state index contributed by atoms with van der Waals surface area (Å²) in [5, 5.41) is 9.39. The topological polar surface area (TPSA) is 127 Å². The molecule has 202 valence electrons. The molecule has 12 heteroatoms. The molecule has 39 heavy (non-hydrogen) atoms. The van der Waals surface area contributed by atoms with E-state index in [-0.39, 0.29) is 23.1 Å². The van der Waals surface area contributed by atoms with Gasteiger partial charge in [-0.05, 0) is 54.1 Å². The summed E-state index contributed by atoms with van der Waals surface area (Å²) >= 11 is 12.4. The summed E-state index contributed by atoms with van der Waals surface area (Å²) in [5.74, 6) is -1.41. The van der Waals surface area contributed by atoms with Gasteiger partial charge in [-0.25, -0.2) is 5.43 Å². The van der Waals surface area contributed by atoms with Gasteiger partial charge in [-0.1, -0.05) is 48.0 Å². The zero-order valence-corrected chi connectivity index (χ0v) is 22.2. The third-order valence-electron chi connectivity index (χ3n) is 4.81. The molecular weight excluding hydrogens is 547 g/mol. The zero-order chi connectivity index (χ0) is 28.2. The highest BCUT2D eigenvalue weighted by Gasteiger charge is 2.15. The standard InChI is InChI=1S/C27H24Cl2N4O6/c1-3-12-38-19-10-8-18(9-11-19)31-26(35)27(36)33-30-15-17-13-21(29)25(23(14-17)37-2)39-16-24(34)32-22-7-5-4-6-20(22)28/h3-11,13-15H,1,12,16H2,2H3,(H,31,35)(H,32,34)(H,33,36)/b30-15-. The molecule has 0 saturated carbocycles. The maximum Gasteiger partial charge on any atom is 0.329 e. The Labute approximate surface area is 234 Å². The van der Waals surface area contributed by atoms with Gasteiger partial charge in [0.15, 0.2) is 18.1 Å². The molecule has 3 N–H and O–H groups in total. The molecule has 0 heterocycles. The molecule has 0 aliphatic carbocycles. The van der Waals surface area contributed by atoms with E-state index >= 15 is 0 Å². The maximum absolute atomic E-state index is 12.3. The lowest BCUT2D eigenvalue weighted by Gasteiger charge is -2.13. The summed E-state index contributed by atoms with van der Waals surface area (Å²) in [6.45, 7) is 3.56. The van der Waals surface area contributed by atoms with E-state index in [1.807, 2.05) is 0 Å². The summed E-state index contributed by atoms with van der Waals surface area (Å²) in [5.41, 5.74) is 3.41. The molecule has 3 amide bonds. The Bertz CT molecular complexity index is 1380. The fourth-order valence-electron chi connectivity index (χ4n) is 3.03. The van der Waals surface area contributed by atoms with Crippen molar-refractivity contribution in [3.8, 4) is 17.2 Å². The van der Waals surface area contributed by atoms with Crippen molar-refractivity contribution in [1.82, 2.24) is 5.43 Å². The second-order valence-electron chi connectivity index (χ2n) is 7.63. The van der Waals surface area contributed by atoms with Crippen molar-refractivity contribution in [1.29, 1.82) is 0 Å². The van der Waals surface area contributed by atoms with Crippen molar-refractivity contribution in [3.63, 3.8) is 0 Å². The second kappa shape index (κ2) is 14.4. The molecule has 10 nitrogen and oxygen atoms in total. The number of amides is 3. The highest BCUT2D eigenvalue weighted by Crippen LogP contribution is 2.36. The van der Waals surface area contributed by atoms with Gasteiger partial charge in [0.2, 0.25) is 0 Å². The zero-order valence-electron chi connectivity index (χ0n) is 20.7. The van der Waals surface area contributed by atoms with Crippen molar-refractivity contribution in [2.75, 3.05) is 31.0 Å². The second-order valence-corrected chi connectivity index (χ2v) is 8.44. The van der Waals surface area contributed by atoms with Crippen LogP contribution in [0.5, 0.6) is 17.2 Å². The van der Waals surface area contributed by atoms with Crippen LogP contribution in [0.2, 0.25) is 10.0 Å². The lowest BCUT2D eigenvalue weighted by molar-refractivity contribution is -0.136. The van der Waals surface area contributed by atoms with Crippen LogP contribution in [0.1, 0.15) is 5.56 Å². The third kappa shape index (κ3) is 8.77. The summed E-state index contributed by atoms with van der Waals surface area (Å²) in [6, 6.07) is 16.3. The summed E-state index contributed by atoms with van der Waals surface area (Å²) in [4.78, 5) is 36.5. The number of para-hydroxylation sites is 1. The smallest absolute Gasteiger partial charge is 0.329 e. The number of ether oxygens (including phenoxy) is 3. The Hall–Kier alpha value is -4.54. The van der Waals surface area contributed by atoms with E-state index in [0.29, 0.717) is 34.3 Å². The number of hydrogen-bond acceptors (Lipinski definition) is 7. The van der Waals surface area contributed by atoms with Gasteiger partial charge in [0, 0.05) is 5.69 Å². The summed E-state index contributed by atoms with van der Waals surface area (Å²) in [7, 11) is 1.40. The normalized spacial score (nSPS) is 10.4. The molecule has 0 saturated heterocycles. The number of hydrazone groups is 1. The van der Waals surface area contributed by atoms with Crippen LogP contribution in [-0.2, 0) is 14.4 Å². The molecule has 0 aliphatic rings. The molecule has 0 atom stereocenters. The number of rotatable bonds is 11. The van der Waals surface area contributed by atoms with Gasteiger partial charge in [-0.2, -0.15) is 5.10 Å². The van der Waals surface area contributed by atoms with Crippen molar-refractivity contribution >= 4 is 58.5 Å². The quantitative estimate of drug-likeness (QED) is 0.133. The van der Waals surface area contributed by atoms with Crippen LogP contribution < -0.4 is 30.3 Å². The van der Waals surface area contributed by atoms with E-state index in [2.05, 4.69) is 27.7 Å². The van der Waals surface area contributed by atoms with Gasteiger partial charge >= 0.3 is 11.8 Å². The monoisotopic (exact) mass is 570 g/mol.